The van der Waals surface area contributed by atoms with Crippen LogP contribution in [0.3, 0.4) is 0 Å². The Morgan fingerprint density at radius 1 is 0.828 bits per heavy atom. The molecule has 0 radical (unpaired) electrons. The molecule has 0 aliphatic rings. The van der Waals surface area contributed by atoms with Crippen molar-refractivity contribution in [3.8, 4) is 11.5 Å². The van der Waals surface area contributed by atoms with E-state index in [1.54, 1.807) is 47.1 Å². The maximum absolute atomic E-state index is 12.8. The lowest BCUT2D eigenvalue weighted by molar-refractivity contribution is 0.1000. The summed E-state index contributed by atoms with van der Waals surface area (Å²) in [5.41, 5.74) is 5.87. The zero-order valence-electron chi connectivity index (χ0n) is 16.8. The fourth-order valence-electron chi connectivity index (χ4n) is 3.02. The lowest BCUT2D eigenvalue weighted by atomic mass is 10.1. The topological polar surface area (TPSA) is 81.6 Å². The Morgan fingerprint density at radius 2 is 1.41 bits per heavy atom. The fourth-order valence-corrected chi connectivity index (χ4v) is 3.02. The minimum absolute atomic E-state index is 0.279. The van der Waals surface area contributed by atoms with Gasteiger partial charge in [-0.25, -0.2) is 0 Å². The second-order valence-corrected chi connectivity index (χ2v) is 6.46. The molecule has 1 heterocycles. The van der Waals surface area contributed by atoms with E-state index < -0.39 is 5.91 Å². The average molecular weight is 393 g/mol. The lowest BCUT2D eigenvalue weighted by Crippen LogP contribution is -2.24. The number of ether oxygens (including phenoxy) is 2. The molecule has 0 atom stereocenters. The van der Waals surface area contributed by atoms with E-state index >= 15 is 0 Å². The highest BCUT2D eigenvalue weighted by atomic mass is 16.5. The molecule has 0 saturated heterocycles. The molecule has 2 amide bonds. The molecule has 150 valence electrons. The van der Waals surface area contributed by atoms with Crippen LogP contribution in [0, 0.1) is 13.8 Å². The number of carbonyl (C=O) groups excluding carboxylic acids is 2. The van der Waals surface area contributed by atoms with Crippen molar-refractivity contribution >= 4 is 17.5 Å². The normalized spacial score (nSPS) is 10.3. The van der Waals surface area contributed by atoms with Gasteiger partial charge in [0, 0.05) is 22.6 Å². The number of hydrogen-bond acceptors (Lipinski definition) is 4. The van der Waals surface area contributed by atoms with Gasteiger partial charge in [-0.3, -0.25) is 19.7 Å². The number of hydrogen-bond donors (Lipinski definition) is 2. The van der Waals surface area contributed by atoms with Gasteiger partial charge >= 0.3 is 0 Å². The van der Waals surface area contributed by atoms with Gasteiger partial charge in [0.2, 0.25) is 0 Å². The van der Waals surface area contributed by atoms with Crippen molar-refractivity contribution in [2.24, 2.45) is 0 Å². The van der Waals surface area contributed by atoms with Crippen molar-refractivity contribution in [1.82, 2.24) is 4.68 Å². The second kappa shape index (κ2) is 8.52. The molecule has 2 N–H and O–H groups in total. The smallest absolute Gasteiger partial charge is 0.270 e. The molecule has 0 spiro atoms. The molecular formula is C22H23N3O4. The van der Waals surface area contributed by atoms with E-state index in [9.17, 15) is 9.59 Å². The molecule has 29 heavy (non-hydrogen) atoms. The van der Waals surface area contributed by atoms with Gasteiger partial charge in [-0.1, -0.05) is 12.1 Å². The van der Waals surface area contributed by atoms with Gasteiger partial charge in [0.25, 0.3) is 11.8 Å². The highest BCUT2D eigenvalue weighted by molar-refractivity contribution is 6.09. The van der Waals surface area contributed by atoms with Crippen molar-refractivity contribution in [2.45, 2.75) is 13.8 Å². The fraction of sp³-hybridized carbons (Fsp3) is 0.182. The summed E-state index contributed by atoms with van der Waals surface area (Å²) in [7, 11) is 2.98. The van der Waals surface area contributed by atoms with E-state index in [-0.39, 0.29) is 11.5 Å². The maximum atomic E-state index is 12.8. The number of rotatable bonds is 6. The highest BCUT2D eigenvalue weighted by Crippen LogP contribution is 2.29. The Labute approximate surface area is 169 Å². The highest BCUT2D eigenvalue weighted by Gasteiger charge is 2.19. The molecule has 0 saturated carbocycles. The number of carbonyl (C=O) groups is 2. The van der Waals surface area contributed by atoms with Crippen molar-refractivity contribution in [1.29, 1.82) is 0 Å². The quantitative estimate of drug-likeness (QED) is 0.668. The number of methoxy groups -OCH3 is 2. The average Bonchev–Trinajstić information content (AvgIpc) is 3.05. The molecule has 2 aromatic carbocycles. The van der Waals surface area contributed by atoms with Gasteiger partial charge in [0.15, 0.2) is 0 Å². The largest absolute Gasteiger partial charge is 0.496 e. The zero-order chi connectivity index (χ0) is 21.0. The molecule has 7 heteroatoms. The minimum Gasteiger partial charge on any atom is -0.496 e. The zero-order valence-corrected chi connectivity index (χ0v) is 16.8. The van der Waals surface area contributed by atoms with E-state index in [1.165, 1.54) is 14.2 Å². The van der Waals surface area contributed by atoms with Crippen LogP contribution in [0.4, 0.5) is 5.69 Å². The molecule has 0 unspecified atom stereocenters. The summed E-state index contributed by atoms with van der Waals surface area (Å²) in [5, 5.41) is 2.80. The van der Waals surface area contributed by atoms with Gasteiger partial charge in [-0.05, 0) is 56.3 Å². The van der Waals surface area contributed by atoms with Crippen LogP contribution in [0.5, 0.6) is 11.5 Å². The predicted octanol–water partition coefficient (Wildman–Crippen LogP) is 3.76. The van der Waals surface area contributed by atoms with E-state index in [1.807, 2.05) is 26.0 Å². The van der Waals surface area contributed by atoms with Crippen LogP contribution in [-0.4, -0.2) is 30.7 Å². The summed E-state index contributed by atoms with van der Waals surface area (Å²) in [4.78, 5) is 25.5. The predicted molar refractivity (Wildman–Crippen MR) is 112 cm³/mol. The number of nitrogens with one attached hydrogen (secondary N) is 2. The third kappa shape index (κ3) is 4.24. The monoisotopic (exact) mass is 393 g/mol. The van der Waals surface area contributed by atoms with Gasteiger partial charge < -0.3 is 14.8 Å². The van der Waals surface area contributed by atoms with Crippen molar-refractivity contribution in [3.05, 3.63) is 77.1 Å². The summed E-state index contributed by atoms with van der Waals surface area (Å²) >= 11 is 0. The summed E-state index contributed by atoms with van der Waals surface area (Å²) in [6.07, 6.45) is 0. The van der Waals surface area contributed by atoms with Crippen molar-refractivity contribution in [3.63, 3.8) is 0 Å². The van der Waals surface area contributed by atoms with Gasteiger partial charge in [-0.15, -0.1) is 0 Å². The molecule has 0 bridgehead atoms. The number of aromatic nitrogens is 1. The number of aryl methyl sites for hydroxylation is 2. The molecule has 3 aromatic rings. The number of anilines is 1. The second-order valence-electron chi connectivity index (χ2n) is 6.46. The summed E-state index contributed by atoms with van der Waals surface area (Å²) < 4.78 is 12.3. The Morgan fingerprint density at radius 3 is 2.00 bits per heavy atom. The Balaban J connectivity index is 1.82. The standard InChI is InChI=1S/C22H23N3O4/c1-14-11-12-15(2)25(14)24-21(26)16-7-5-8-17(13-16)23-22(27)20-18(28-3)9-6-10-19(20)29-4/h5-13H,1-4H3,(H,23,27)(H,24,26). The van der Waals surface area contributed by atoms with Gasteiger partial charge in [0.1, 0.15) is 17.1 Å². The number of benzene rings is 2. The molecule has 3 rings (SSSR count). The first-order valence-corrected chi connectivity index (χ1v) is 9.03. The third-order valence-corrected chi connectivity index (χ3v) is 4.52. The maximum Gasteiger partial charge on any atom is 0.270 e. The van der Waals surface area contributed by atoms with E-state index in [4.69, 9.17) is 9.47 Å². The van der Waals surface area contributed by atoms with E-state index in [0.717, 1.165) is 11.4 Å². The van der Waals surface area contributed by atoms with E-state index in [2.05, 4.69) is 10.7 Å². The third-order valence-electron chi connectivity index (χ3n) is 4.52. The summed E-state index contributed by atoms with van der Waals surface area (Å²) in [6, 6.07) is 15.7. The van der Waals surface area contributed by atoms with Crippen LogP contribution in [0.15, 0.2) is 54.6 Å². The van der Waals surface area contributed by atoms with Crippen LogP contribution < -0.4 is 20.2 Å². The van der Waals surface area contributed by atoms with E-state index in [0.29, 0.717) is 22.7 Å². The first-order valence-electron chi connectivity index (χ1n) is 9.03. The molecule has 1 aromatic heterocycles. The molecule has 7 nitrogen and oxygen atoms in total. The SMILES string of the molecule is COc1cccc(OC)c1C(=O)Nc1cccc(C(=O)Nn2c(C)ccc2C)c1. The summed E-state index contributed by atoms with van der Waals surface area (Å²) in [6.45, 7) is 3.81. The molecule has 0 aliphatic heterocycles. The number of nitrogens with zero attached hydrogens (tertiary/aromatic N) is 1. The molecular weight excluding hydrogens is 370 g/mol. The van der Waals surface area contributed by atoms with Gasteiger partial charge in [0.05, 0.1) is 14.2 Å². The van der Waals surface area contributed by atoms with Crippen LogP contribution in [-0.2, 0) is 0 Å². The molecule has 0 fully saturated rings. The minimum atomic E-state index is -0.394. The molecule has 0 aliphatic carbocycles. The first kappa shape index (κ1) is 20.0. The van der Waals surface area contributed by atoms with Crippen LogP contribution >= 0.6 is 0 Å². The Bertz CT molecular complexity index is 1010. The first-order chi connectivity index (χ1) is 13.9. The number of amides is 2. The summed E-state index contributed by atoms with van der Waals surface area (Å²) in [5.74, 6) is 0.121. The Kier molecular flexibility index (Phi) is 5.87. The lowest BCUT2D eigenvalue weighted by Gasteiger charge is -2.14. The van der Waals surface area contributed by atoms with Crippen molar-refractivity contribution < 1.29 is 19.1 Å². The van der Waals surface area contributed by atoms with Crippen molar-refractivity contribution in [2.75, 3.05) is 25.0 Å². The van der Waals surface area contributed by atoms with Crippen LogP contribution in [0.25, 0.3) is 0 Å². The Hall–Kier alpha value is -3.74. The van der Waals surface area contributed by atoms with Gasteiger partial charge in [-0.2, -0.15) is 0 Å². The van der Waals surface area contributed by atoms with Crippen LogP contribution in [0.2, 0.25) is 0 Å². The van der Waals surface area contributed by atoms with Crippen LogP contribution in [0.1, 0.15) is 32.1 Å².